The van der Waals surface area contributed by atoms with Crippen molar-refractivity contribution in [2.24, 2.45) is 5.73 Å². The number of nitrogens with zero attached hydrogens (tertiary/aromatic N) is 3. The Kier molecular flexibility index (Phi) is 4.61. The number of hydrogen-bond acceptors (Lipinski definition) is 4. The Hall–Kier alpha value is -1.23. The van der Waals surface area contributed by atoms with Gasteiger partial charge in [0.05, 0.1) is 4.99 Å². The third-order valence-corrected chi connectivity index (χ3v) is 2.51. The number of aromatic nitrogens is 2. The summed E-state index contributed by atoms with van der Waals surface area (Å²) in [6.07, 6.45) is 2.29. The van der Waals surface area contributed by atoms with E-state index in [2.05, 4.69) is 28.7 Å². The zero-order chi connectivity index (χ0) is 12.1. The largest absolute Gasteiger partial charge is 0.393 e. The van der Waals surface area contributed by atoms with Crippen LogP contribution in [-0.2, 0) is 0 Å². The lowest BCUT2D eigenvalue weighted by Gasteiger charge is -2.27. The minimum absolute atomic E-state index is 0.364. The van der Waals surface area contributed by atoms with Crippen LogP contribution in [0, 0.1) is 6.92 Å². The summed E-state index contributed by atoms with van der Waals surface area (Å²) in [6.45, 7) is 6.99. The summed E-state index contributed by atoms with van der Waals surface area (Å²) in [4.78, 5) is 11.1. The van der Waals surface area contributed by atoms with Crippen LogP contribution < -0.4 is 10.6 Å². The summed E-state index contributed by atoms with van der Waals surface area (Å²) in [5.41, 5.74) is 6.48. The molecule has 5 heteroatoms. The molecule has 0 unspecified atom stereocenters. The van der Waals surface area contributed by atoms with Crippen LogP contribution in [0.5, 0.6) is 0 Å². The van der Waals surface area contributed by atoms with Crippen LogP contribution >= 0.6 is 12.2 Å². The average molecular weight is 238 g/mol. The van der Waals surface area contributed by atoms with E-state index in [1.165, 1.54) is 0 Å². The minimum Gasteiger partial charge on any atom is -0.393 e. The molecule has 88 valence electrons. The highest BCUT2D eigenvalue weighted by atomic mass is 32.1. The van der Waals surface area contributed by atoms with Crippen molar-refractivity contribution >= 4 is 23.0 Å². The van der Waals surface area contributed by atoms with Crippen molar-refractivity contribution in [3.63, 3.8) is 0 Å². The first-order chi connectivity index (χ1) is 7.50. The van der Waals surface area contributed by atoms with Crippen LogP contribution in [0.2, 0.25) is 0 Å². The maximum atomic E-state index is 5.52. The molecule has 0 amide bonds. The van der Waals surface area contributed by atoms with Gasteiger partial charge >= 0.3 is 0 Å². The van der Waals surface area contributed by atoms with Gasteiger partial charge in [0.25, 0.3) is 0 Å². The molecule has 0 saturated carbocycles. The molecule has 1 aromatic heterocycles. The van der Waals surface area contributed by atoms with Gasteiger partial charge in [-0.2, -0.15) is 0 Å². The Balaban J connectivity index is 2.81. The van der Waals surface area contributed by atoms with Gasteiger partial charge in [-0.15, -0.1) is 0 Å². The molecule has 0 aliphatic heterocycles. The lowest BCUT2D eigenvalue weighted by Crippen LogP contribution is -2.34. The second kappa shape index (κ2) is 5.75. The van der Waals surface area contributed by atoms with Crippen LogP contribution in [0.1, 0.15) is 26.0 Å². The molecule has 0 saturated heterocycles. The standard InChI is InChI=1S/C11H18N4S/c1-8(2)15(5-4-10(12)16)11-6-9(3)13-7-14-11/h6-8H,4-5H2,1-3H3,(H2,12,16). The number of anilines is 1. The van der Waals surface area contributed by atoms with Crippen molar-refractivity contribution in [2.45, 2.75) is 33.2 Å². The van der Waals surface area contributed by atoms with Crippen LogP contribution in [0.3, 0.4) is 0 Å². The van der Waals surface area contributed by atoms with Gasteiger partial charge in [-0.1, -0.05) is 12.2 Å². The molecule has 1 aromatic rings. The highest BCUT2D eigenvalue weighted by Crippen LogP contribution is 2.14. The van der Waals surface area contributed by atoms with E-state index >= 15 is 0 Å². The second-order valence-corrected chi connectivity index (χ2v) is 4.55. The second-order valence-electron chi connectivity index (χ2n) is 4.02. The van der Waals surface area contributed by atoms with Crippen molar-refractivity contribution in [1.29, 1.82) is 0 Å². The number of rotatable bonds is 5. The van der Waals surface area contributed by atoms with Crippen LogP contribution in [0.15, 0.2) is 12.4 Å². The zero-order valence-corrected chi connectivity index (χ0v) is 10.8. The number of aryl methyl sites for hydroxylation is 1. The van der Waals surface area contributed by atoms with Gasteiger partial charge in [0.2, 0.25) is 0 Å². The summed E-state index contributed by atoms with van der Waals surface area (Å²) in [7, 11) is 0. The third-order valence-electron chi connectivity index (χ3n) is 2.31. The van der Waals surface area contributed by atoms with Gasteiger partial charge in [0.15, 0.2) is 0 Å². The number of hydrogen-bond donors (Lipinski definition) is 1. The summed E-state index contributed by atoms with van der Waals surface area (Å²) < 4.78 is 0. The summed E-state index contributed by atoms with van der Waals surface area (Å²) in [5, 5.41) is 0. The molecule has 2 N–H and O–H groups in total. The molecule has 0 radical (unpaired) electrons. The Morgan fingerprint density at radius 2 is 2.19 bits per heavy atom. The SMILES string of the molecule is Cc1cc(N(CCC(N)=S)C(C)C)ncn1. The Morgan fingerprint density at radius 1 is 1.50 bits per heavy atom. The van der Waals surface area contributed by atoms with Crippen molar-refractivity contribution in [3.05, 3.63) is 18.1 Å². The van der Waals surface area contributed by atoms with E-state index < -0.39 is 0 Å². The molecular weight excluding hydrogens is 220 g/mol. The summed E-state index contributed by atoms with van der Waals surface area (Å²) >= 11 is 4.89. The Bertz CT molecular complexity index is 365. The first-order valence-corrected chi connectivity index (χ1v) is 5.75. The molecule has 1 rings (SSSR count). The van der Waals surface area contributed by atoms with E-state index in [1.807, 2.05) is 13.0 Å². The maximum absolute atomic E-state index is 5.52. The monoisotopic (exact) mass is 238 g/mol. The fraction of sp³-hybridized carbons (Fsp3) is 0.545. The van der Waals surface area contributed by atoms with Gasteiger partial charge in [0, 0.05) is 30.8 Å². The van der Waals surface area contributed by atoms with Gasteiger partial charge in [-0.05, 0) is 20.8 Å². The first-order valence-electron chi connectivity index (χ1n) is 5.34. The van der Waals surface area contributed by atoms with E-state index in [-0.39, 0.29) is 0 Å². The number of thiocarbonyl (C=S) groups is 1. The Morgan fingerprint density at radius 3 is 2.69 bits per heavy atom. The van der Waals surface area contributed by atoms with Crippen LogP contribution in [0.4, 0.5) is 5.82 Å². The normalized spacial score (nSPS) is 10.5. The predicted octanol–water partition coefficient (Wildman–Crippen LogP) is 1.68. The molecular formula is C11H18N4S. The lowest BCUT2D eigenvalue weighted by molar-refractivity contribution is 0.679. The van der Waals surface area contributed by atoms with E-state index in [4.69, 9.17) is 18.0 Å². The molecule has 1 heterocycles. The zero-order valence-electron chi connectivity index (χ0n) is 9.97. The summed E-state index contributed by atoms with van der Waals surface area (Å²) in [5.74, 6) is 0.929. The first kappa shape index (κ1) is 12.8. The van der Waals surface area contributed by atoms with Crippen molar-refractivity contribution < 1.29 is 0 Å². The lowest BCUT2D eigenvalue weighted by atomic mass is 10.2. The van der Waals surface area contributed by atoms with E-state index in [0.29, 0.717) is 17.5 Å². The average Bonchev–Trinajstić information content (AvgIpc) is 2.17. The molecule has 0 aromatic carbocycles. The highest BCUT2D eigenvalue weighted by Gasteiger charge is 2.12. The molecule has 0 atom stereocenters. The van der Waals surface area contributed by atoms with E-state index in [9.17, 15) is 0 Å². The molecule has 0 spiro atoms. The van der Waals surface area contributed by atoms with Crippen molar-refractivity contribution in [2.75, 3.05) is 11.4 Å². The van der Waals surface area contributed by atoms with Gasteiger partial charge < -0.3 is 10.6 Å². The molecule has 0 bridgehead atoms. The highest BCUT2D eigenvalue weighted by molar-refractivity contribution is 7.80. The number of nitrogens with two attached hydrogens (primary N) is 1. The smallest absolute Gasteiger partial charge is 0.132 e. The fourth-order valence-corrected chi connectivity index (χ4v) is 1.56. The van der Waals surface area contributed by atoms with Crippen molar-refractivity contribution in [3.8, 4) is 0 Å². The molecule has 0 aliphatic rings. The molecule has 16 heavy (non-hydrogen) atoms. The van der Waals surface area contributed by atoms with E-state index in [1.54, 1.807) is 6.33 Å². The van der Waals surface area contributed by atoms with E-state index in [0.717, 1.165) is 18.1 Å². The van der Waals surface area contributed by atoms with Gasteiger partial charge in [-0.25, -0.2) is 9.97 Å². The topological polar surface area (TPSA) is 55.0 Å². The van der Waals surface area contributed by atoms with Gasteiger partial charge in [0.1, 0.15) is 12.1 Å². The molecule has 0 fully saturated rings. The predicted molar refractivity (Wildman–Crippen MR) is 70.7 cm³/mol. The fourth-order valence-electron chi connectivity index (χ4n) is 1.47. The van der Waals surface area contributed by atoms with Crippen LogP contribution in [0.25, 0.3) is 0 Å². The third kappa shape index (κ3) is 3.73. The van der Waals surface area contributed by atoms with Crippen molar-refractivity contribution in [1.82, 2.24) is 9.97 Å². The Labute approximate surface area is 102 Å². The summed E-state index contributed by atoms with van der Waals surface area (Å²) in [6, 6.07) is 2.34. The minimum atomic E-state index is 0.364. The maximum Gasteiger partial charge on any atom is 0.132 e. The van der Waals surface area contributed by atoms with Crippen LogP contribution in [-0.4, -0.2) is 27.5 Å². The quantitative estimate of drug-likeness (QED) is 0.791. The van der Waals surface area contributed by atoms with Gasteiger partial charge in [-0.3, -0.25) is 0 Å². The molecule has 4 nitrogen and oxygen atoms in total. The molecule has 0 aliphatic carbocycles.